The largest absolute Gasteiger partial charge is 0.311 e. The van der Waals surface area contributed by atoms with Crippen molar-refractivity contribution in [3.8, 4) is 66.8 Å². The Morgan fingerprint density at radius 1 is 0.147 bits per heavy atom. The van der Waals surface area contributed by atoms with E-state index in [2.05, 4.69) is 488 Å². The van der Waals surface area contributed by atoms with Crippen LogP contribution in [0.25, 0.3) is 99.1 Å². The lowest BCUT2D eigenvalue weighted by Crippen LogP contribution is -2.11. The van der Waals surface area contributed by atoms with E-state index in [0.29, 0.717) is 0 Å². The number of para-hydroxylation sites is 5. The molecule has 0 fully saturated rings. The van der Waals surface area contributed by atoms with Crippen molar-refractivity contribution < 1.29 is 0 Å². The minimum Gasteiger partial charge on any atom is -0.311 e. The molecular formula is C112H92N4. The van der Waals surface area contributed by atoms with Crippen LogP contribution in [-0.4, -0.2) is 0 Å². The summed E-state index contributed by atoms with van der Waals surface area (Å²) >= 11 is 0. The summed E-state index contributed by atoms with van der Waals surface area (Å²) in [6.07, 6.45) is 0. The van der Waals surface area contributed by atoms with Gasteiger partial charge >= 0.3 is 0 Å². The molecule has 4 nitrogen and oxygen atoms in total. The van der Waals surface area contributed by atoms with Crippen LogP contribution in [0.3, 0.4) is 0 Å². The molecule has 0 radical (unpaired) electrons. The third-order valence-corrected chi connectivity index (χ3v) is 22.8. The Morgan fingerprint density at radius 3 is 0.603 bits per heavy atom. The first-order chi connectivity index (χ1) is 56.5. The van der Waals surface area contributed by atoms with Crippen molar-refractivity contribution >= 4 is 101 Å². The van der Waals surface area contributed by atoms with Crippen molar-refractivity contribution in [3.05, 3.63) is 435 Å². The lowest BCUT2D eigenvalue weighted by atomic mass is 9.82. The van der Waals surface area contributed by atoms with Crippen LogP contribution >= 0.6 is 0 Å². The molecule has 0 spiro atoms. The number of hydrogen-bond donors (Lipinski definition) is 0. The van der Waals surface area contributed by atoms with E-state index in [1.165, 1.54) is 82.4 Å². The zero-order valence-corrected chi connectivity index (χ0v) is 67.0. The normalized spacial score (nSPS) is 11.6. The van der Waals surface area contributed by atoms with E-state index in [4.69, 9.17) is 0 Å². The van der Waals surface area contributed by atoms with E-state index in [0.717, 1.165) is 107 Å². The van der Waals surface area contributed by atoms with Crippen LogP contribution in [0.2, 0.25) is 0 Å². The van der Waals surface area contributed by atoms with Crippen LogP contribution in [0.4, 0.5) is 68.2 Å². The molecule has 560 valence electrons. The zero-order chi connectivity index (χ0) is 79.0. The molecule has 18 rings (SSSR count). The van der Waals surface area contributed by atoms with E-state index in [-0.39, 0.29) is 10.8 Å². The minimum absolute atomic E-state index is 0.00761. The quantitative estimate of drug-likeness (QED) is 0.0794. The van der Waals surface area contributed by atoms with Gasteiger partial charge in [0, 0.05) is 68.2 Å². The van der Waals surface area contributed by atoms with Gasteiger partial charge in [-0.1, -0.05) is 283 Å². The third-order valence-electron chi connectivity index (χ3n) is 22.8. The molecule has 0 atom stereocenters. The highest BCUT2D eigenvalue weighted by Gasteiger charge is 2.23. The Hall–Kier alpha value is -14.1. The number of rotatable bonds is 18. The molecule has 18 aromatic rings. The smallest absolute Gasteiger partial charge is 0.0462 e. The van der Waals surface area contributed by atoms with E-state index in [9.17, 15) is 0 Å². The Morgan fingerprint density at radius 2 is 0.336 bits per heavy atom. The van der Waals surface area contributed by atoms with Gasteiger partial charge in [0.25, 0.3) is 0 Å². The highest BCUT2D eigenvalue weighted by atomic mass is 15.2. The number of benzene rings is 18. The van der Waals surface area contributed by atoms with Gasteiger partial charge in [0.15, 0.2) is 0 Å². The number of aryl methyl sites for hydroxylation is 2. The van der Waals surface area contributed by atoms with Crippen molar-refractivity contribution in [2.45, 2.75) is 66.2 Å². The second-order valence-corrected chi connectivity index (χ2v) is 32.8. The van der Waals surface area contributed by atoms with Gasteiger partial charge in [0.2, 0.25) is 0 Å². The molecule has 0 saturated carbocycles. The molecule has 0 unspecified atom stereocenters. The number of hydrogen-bond acceptors (Lipinski definition) is 4. The molecular weight excluding hydrogens is 1400 g/mol. The molecule has 0 aliphatic carbocycles. The van der Waals surface area contributed by atoms with Crippen molar-refractivity contribution in [2.24, 2.45) is 0 Å². The summed E-state index contributed by atoms with van der Waals surface area (Å²) in [5.74, 6) is 0. The minimum atomic E-state index is -0.00761. The van der Waals surface area contributed by atoms with Crippen LogP contribution in [0.15, 0.2) is 413 Å². The molecule has 0 amide bonds. The van der Waals surface area contributed by atoms with E-state index in [1.54, 1.807) is 0 Å². The maximum atomic E-state index is 2.47. The van der Waals surface area contributed by atoms with E-state index < -0.39 is 0 Å². The second-order valence-electron chi connectivity index (χ2n) is 32.8. The van der Waals surface area contributed by atoms with Gasteiger partial charge in [-0.3, -0.25) is 0 Å². The molecule has 18 aromatic carbocycles. The van der Waals surface area contributed by atoms with Gasteiger partial charge in [0.1, 0.15) is 0 Å². The second kappa shape index (κ2) is 31.1. The van der Waals surface area contributed by atoms with Gasteiger partial charge in [0.05, 0.1) is 0 Å². The van der Waals surface area contributed by atoms with Crippen LogP contribution in [-0.2, 0) is 10.8 Å². The van der Waals surface area contributed by atoms with E-state index >= 15 is 0 Å². The summed E-state index contributed by atoms with van der Waals surface area (Å²) in [5, 5.41) is 7.75. The van der Waals surface area contributed by atoms with Gasteiger partial charge in [-0.2, -0.15) is 0 Å². The monoisotopic (exact) mass is 1490 g/mol. The van der Waals surface area contributed by atoms with Crippen LogP contribution in [0.5, 0.6) is 0 Å². The standard InChI is InChI=1S/C112H92N4/c1-77-68-78(2)70-87(69-77)90-72-88(71-89(73-90)86-48-65-107-108(74-86)110-76-92(112(6,7)8)50-67-106(110)105-66-49-91(75-109(105)107)111(3,4)5)85-46-63-101(64-47-85)115(97-32-22-13-23-33-97)100-55-38-81(39-56-100)84-44-61-104(62-45-84)116(102-57-40-82(41-58-102)79-34-51-98(52-35-79)113(93-24-14-9-15-25-93)94-26-16-10-17-27-94)103-59-42-83(43-60-103)80-36-53-99(54-37-80)114(95-28-18-11-19-29-95)96-30-20-12-21-31-96/h9-76H,1-8H3. The molecule has 0 heterocycles. The molecule has 4 heteroatoms. The Bertz CT molecular complexity index is 6240. The first kappa shape index (κ1) is 73.4. The van der Waals surface area contributed by atoms with Crippen molar-refractivity contribution in [2.75, 3.05) is 19.6 Å². The Labute approximate surface area is 683 Å². The van der Waals surface area contributed by atoms with E-state index in [1.807, 2.05) is 0 Å². The summed E-state index contributed by atoms with van der Waals surface area (Å²) in [6.45, 7) is 18.3. The fourth-order valence-corrected chi connectivity index (χ4v) is 16.7. The van der Waals surface area contributed by atoms with Crippen LogP contribution in [0.1, 0.15) is 63.8 Å². The molecule has 0 aliphatic rings. The summed E-state index contributed by atoms with van der Waals surface area (Å²) in [6, 6.07) is 152. The molecule has 116 heavy (non-hydrogen) atoms. The average Bonchev–Trinajstić information content (AvgIpc) is 0.727. The van der Waals surface area contributed by atoms with Crippen LogP contribution in [0, 0.1) is 13.8 Å². The predicted molar refractivity (Wildman–Crippen MR) is 497 cm³/mol. The van der Waals surface area contributed by atoms with Gasteiger partial charge < -0.3 is 19.6 Å². The summed E-state index contributed by atoms with van der Waals surface area (Å²) in [7, 11) is 0. The first-order valence-corrected chi connectivity index (χ1v) is 40.4. The number of fused-ring (bicyclic) bond motifs is 6. The number of nitrogens with zero attached hydrogens (tertiary/aromatic N) is 4. The fraction of sp³-hybridized carbons (Fsp3) is 0.0893. The highest BCUT2D eigenvalue weighted by Crippen LogP contribution is 2.46. The third kappa shape index (κ3) is 15.1. The first-order valence-electron chi connectivity index (χ1n) is 40.4. The molecule has 0 N–H and O–H groups in total. The lowest BCUT2D eigenvalue weighted by Gasteiger charge is -2.27. The molecule has 0 aromatic heterocycles. The van der Waals surface area contributed by atoms with Crippen LogP contribution < -0.4 is 19.6 Å². The van der Waals surface area contributed by atoms with Gasteiger partial charge in [-0.15, -0.1) is 0 Å². The highest BCUT2D eigenvalue weighted by molar-refractivity contribution is 6.26. The van der Waals surface area contributed by atoms with Crippen molar-refractivity contribution in [1.82, 2.24) is 0 Å². The summed E-state index contributed by atoms with van der Waals surface area (Å²) in [5.41, 5.74) is 32.1. The zero-order valence-electron chi connectivity index (χ0n) is 67.0. The molecule has 0 saturated heterocycles. The van der Waals surface area contributed by atoms with Gasteiger partial charge in [-0.25, -0.2) is 0 Å². The Kier molecular flexibility index (Phi) is 19.7. The maximum Gasteiger partial charge on any atom is 0.0462 e. The van der Waals surface area contributed by atoms with Crippen molar-refractivity contribution in [1.29, 1.82) is 0 Å². The fourth-order valence-electron chi connectivity index (χ4n) is 16.7. The summed E-state index contributed by atoms with van der Waals surface area (Å²) < 4.78 is 0. The van der Waals surface area contributed by atoms with Crippen molar-refractivity contribution in [3.63, 3.8) is 0 Å². The molecule has 0 bridgehead atoms. The van der Waals surface area contributed by atoms with Gasteiger partial charge in [-0.05, 0) is 317 Å². The Balaban J connectivity index is 0.658. The summed E-state index contributed by atoms with van der Waals surface area (Å²) in [4.78, 5) is 9.33. The topological polar surface area (TPSA) is 13.0 Å². The number of anilines is 12. The average molecular weight is 1490 g/mol. The molecule has 0 aliphatic heterocycles. The maximum absolute atomic E-state index is 2.47. The lowest BCUT2D eigenvalue weighted by molar-refractivity contribution is 0.591. The SMILES string of the molecule is Cc1cc(C)cc(-c2cc(-c3ccc(N(c4ccccc4)c4ccc(-c5ccc(N(c6ccc(-c7ccc(N(c8ccccc8)c8ccccc8)cc7)cc6)c6ccc(-c7ccc(N(c8ccccc8)c8ccccc8)cc7)cc6)cc5)cc4)cc3)cc(-c3ccc4c(c3)c3cc(C(C)(C)C)ccc3c3ccc(C(C)(C)C)cc34)c2)c1. The predicted octanol–water partition coefficient (Wildman–Crippen LogP) is 32.2.